The van der Waals surface area contributed by atoms with E-state index in [0.29, 0.717) is 0 Å². The normalized spacial score (nSPS) is 13.3. The average molecular weight is 274 g/mol. The number of nitrogens with zero attached hydrogens (tertiary/aromatic N) is 3. The summed E-state index contributed by atoms with van der Waals surface area (Å²) < 4.78 is 2.28. The minimum absolute atomic E-state index is 0.0353. The Hall–Kier alpha value is -1.39. The summed E-state index contributed by atoms with van der Waals surface area (Å²) in [4.78, 5) is 6.95. The first-order valence-corrected chi connectivity index (χ1v) is 7.42. The van der Waals surface area contributed by atoms with Crippen LogP contribution in [0.5, 0.6) is 0 Å². The van der Waals surface area contributed by atoms with Gasteiger partial charge in [0, 0.05) is 6.54 Å². The van der Waals surface area contributed by atoms with Crippen molar-refractivity contribution in [1.82, 2.24) is 14.5 Å². The number of benzene rings is 1. The Labute approximate surface area is 121 Å². The number of hydrogen-bond donors (Lipinski definition) is 1. The maximum Gasteiger partial charge on any atom is 0.126 e. The summed E-state index contributed by atoms with van der Waals surface area (Å²) in [6.45, 7) is 6.22. The van der Waals surface area contributed by atoms with Crippen molar-refractivity contribution in [2.45, 2.75) is 39.3 Å². The van der Waals surface area contributed by atoms with Gasteiger partial charge in [-0.2, -0.15) is 0 Å². The van der Waals surface area contributed by atoms with Crippen LogP contribution in [0.1, 0.15) is 37.7 Å². The fourth-order valence-electron chi connectivity index (χ4n) is 2.54. The molecule has 2 rings (SSSR count). The minimum Gasteiger partial charge on any atom is -0.327 e. The molecule has 0 bridgehead atoms. The first-order valence-electron chi connectivity index (χ1n) is 7.42. The van der Waals surface area contributed by atoms with Crippen molar-refractivity contribution in [3.05, 3.63) is 29.6 Å². The van der Waals surface area contributed by atoms with Crippen LogP contribution in [0.15, 0.2) is 18.2 Å². The molecule has 0 amide bonds. The number of aromatic nitrogens is 2. The third kappa shape index (κ3) is 3.19. The number of hydrogen-bond acceptors (Lipinski definition) is 3. The average Bonchev–Trinajstić information content (AvgIpc) is 2.76. The zero-order valence-corrected chi connectivity index (χ0v) is 13.1. The number of fused-ring (bicyclic) bond motifs is 1. The van der Waals surface area contributed by atoms with E-state index in [1.54, 1.807) is 0 Å². The number of imidazole rings is 1. The van der Waals surface area contributed by atoms with Crippen molar-refractivity contribution < 1.29 is 0 Å². The molecular weight excluding hydrogens is 248 g/mol. The highest BCUT2D eigenvalue weighted by Gasteiger charge is 2.13. The monoisotopic (exact) mass is 274 g/mol. The quantitative estimate of drug-likeness (QED) is 0.880. The Morgan fingerprint density at radius 1 is 1.35 bits per heavy atom. The molecule has 0 saturated carbocycles. The van der Waals surface area contributed by atoms with Gasteiger partial charge in [0.2, 0.25) is 0 Å². The van der Waals surface area contributed by atoms with Crippen molar-refractivity contribution >= 4 is 11.0 Å². The Balaban J connectivity index is 2.36. The van der Waals surface area contributed by atoms with E-state index in [0.717, 1.165) is 37.3 Å². The van der Waals surface area contributed by atoms with Crippen molar-refractivity contribution in [1.29, 1.82) is 0 Å². The Bertz CT molecular complexity index is 569. The minimum atomic E-state index is -0.0353. The maximum absolute atomic E-state index is 6.09. The summed E-state index contributed by atoms with van der Waals surface area (Å²) in [5.41, 5.74) is 9.69. The summed E-state index contributed by atoms with van der Waals surface area (Å²) >= 11 is 0. The fraction of sp³-hybridized carbons (Fsp3) is 0.562. The molecule has 0 aliphatic heterocycles. The van der Waals surface area contributed by atoms with E-state index >= 15 is 0 Å². The molecule has 0 fully saturated rings. The molecule has 20 heavy (non-hydrogen) atoms. The first-order chi connectivity index (χ1) is 9.52. The summed E-state index contributed by atoms with van der Waals surface area (Å²) in [6, 6.07) is 6.52. The third-order valence-electron chi connectivity index (χ3n) is 3.64. The summed E-state index contributed by atoms with van der Waals surface area (Å²) in [5.74, 6) is 0.993. The molecule has 4 nitrogen and oxygen atoms in total. The second-order valence-electron chi connectivity index (χ2n) is 5.74. The van der Waals surface area contributed by atoms with Gasteiger partial charge in [0.25, 0.3) is 0 Å². The number of rotatable bonds is 6. The predicted octanol–water partition coefficient (Wildman–Crippen LogP) is 2.57. The van der Waals surface area contributed by atoms with Crippen molar-refractivity contribution in [2.24, 2.45) is 5.73 Å². The Morgan fingerprint density at radius 3 is 2.70 bits per heavy atom. The third-order valence-corrected chi connectivity index (χ3v) is 3.64. The predicted molar refractivity (Wildman–Crippen MR) is 84.9 cm³/mol. The van der Waals surface area contributed by atoms with Gasteiger partial charge >= 0.3 is 0 Å². The maximum atomic E-state index is 6.09. The zero-order valence-electron chi connectivity index (χ0n) is 13.1. The Morgan fingerprint density at radius 2 is 2.10 bits per heavy atom. The summed E-state index contributed by atoms with van der Waals surface area (Å²) in [7, 11) is 4.21. The van der Waals surface area contributed by atoms with Gasteiger partial charge in [-0.3, -0.25) is 0 Å². The van der Waals surface area contributed by atoms with E-state index in [1.807, 2.05) is 6.92 Å². The van der Waals surface area contributed by atoms with E-state index in [2.05, 4.69) is 48.7 Å². The second-order valence-corrected chi connectivity index (χ2v) is 5.74. The fourth-order valence-corrected chi connectivity index (χ4v) is 2.54. The van der Waals surface area contributed by atoms with Crippen LogP contribution < -0.4 is 5.73 Å². The van der Waals surface area contributed by atoms with Crippen LogP contribution in [0.4, 0.5) is 0 Å². The van der Waals surface area contributed by atoms with Crippen molar-refractivity contribution in [3.63, 3.8) is 0 Å². The van der Waals surface area contributed by atoms with Gasteiger partial charge in [-0.1, -0.05) is 13.0 Å². The molecule has 0 radical (unpaired) electrons. The molecule has 2 N–H and O–H groups in total. The molecule has 110 valence electrons. The molecule has 0 aliphatic rings. The van der Waals surface area contributed by atoms with Gasteiger partial charge in [0.1, 0.15) is 5.82 Å². The van der Waals surface area contributed by atoms with Crippen LogP contribution in [0.2, 0.25) is 0 Å². The topological polar surface area (TPSA) is 47.1 Å². The van der Waals surface area contributed by atoms with Crippen LogP contribution >= 0.6 is 0 Å². The molecule has 0 spiro atoms. The molecule has 1 aromatic carbocycles. The van der Waals surface area contributed by atoms with Gasteiger partial charge in [0.15, 0.2) is 0 Å². The summed E-state index contributed by atoms with van der Waals surface area (Å²) in [5, 5.41) is 0. The number of aryl methyl sites for hydroxylation is 2. The largest absolute Gasteiger partial charge is 0.327 e. The molecule has 0 aliphatic carbocycles. The van der Waals surface area contributed by atoms with Gasteiger partial charge in [-0.25, -0.2) is 4.98 Å². The molecule has 1 unspecified atom stereocenters. The van der Waals surface area contributed by atoms with E-state index in [1.165, 1.54) is 11.1 Å². The smallest absolute Gasteiger partial charge is 0.126 e. The SMILES string of the molecule is CCc1ccc2c(c1)nc(C(C)N)n2CCCN(C)C. The molecule has 1 heterocycles. The highest BCUT2D eigenvalue weighted by Crippen LogP contribution is 2.21. The second kappa shape index (κ2) is 6.37. The van der Waals surface area contributed by atoms with Crippen molar-refractivity contribution in [2.75, 3.05) is 20.6 Å². The lowest BCUT2D eigenvalue weighted by Gasteiger charge is -2.13. The highest BCUT2D eigenvalue weighted by molar-refractivity contribution is 5.77. The molecule has 2 aromatic rings. The van der Waals surface area contributed by atoms with Gasteiger partial charge in [-0.15, -0.1) is 0 Å². The molecule has 4 heteroatoms. The van der Waals surface area contributed by atoms with E-state index in [9.17, 15) is 0 Å². The van der Waals surface area contributed by atoms with Crippen LogP contribution in [0.3, 0.4) is 0 Å². The summed E-state index contributed by atoms with van der Waals surface area (Å²) in [6.07, 6.45) is 2.14. The van der Waals surface area contributed by atoms with Gasteiger partial charge in [-0.05, 0) is 58.1 Å². The molecular formula is C16H26N4. The van der Waals surface area contributed by atoms with Crippen LogP contribution in [-0.4, -0.2) is 35.1 Å². The van der Waals surface area contributed by atoms with Gasteiger partial charge in [0.05, 0.1) is 17.1 Å². The van der Waals surface area contributed by atoms with E-state index < -0.39 is 0 Å². The Kier molecular flexibility index (Phi) is 4.78. The van der Waals surface area contributed by atoms with Crippen LogP contribution in [0.25, 0.3) is 11.0 Å². The van der Waals surface area contributed by atoms with Crippen molar-refractivity contribution in [3.8, 4) is 0 Å². The van der Waals surface area contributed by atoms with Crippen LogP contribution in [0, 0.1) is 0 Å². The lowest BCUT2D eigenvalue weighted by atomic mass is 10.1. The molecule has 1 atom stereocenters. The number of nitrogens with two attached hydrogens (primary N) is 1. The molecule has 1 aromatic heterocycles. The van der Waals surface area contributed by atoms with Gasteiger partial charge < -0.3 is 15.2 Å². The standard InChI is InChI=1S/C16H26N4/c1-5-13-7-8-15-14(11-13)18-16(12(2)17)20(15)10-6-9-19(3)4/h7-8,11-12H,5-6,9-10,17H2,1-4H3. The first kappa shape index (κ1) is 15.0. The van der Waals surface area contributed by atoms with E-state index in [4.69, 9.17) is 10.7 Å². The lowest BCUT2D eigenvalue weighted by molar-refractivity contribution is 0.385. The lowest BCUT2D eigenvalue weighted by Crippen LogP contribution is -2.18. The zero-order chi connectivity index (χ0) is 14.7. The molecule has 0 saturated heterocycles. The van der Waals surface area contributed by atoms with E-state index in [-0.39, 0.29) is 6.04 Å². The van der Waals surface area contributed by atoms with Crippen LogP contribution in [-0.2, 0) is 13.0 Å². The highest BCUT2D eigenvalue weighted by atomic mass is 15.1.